The maximum Gasteiger partial charge on any atom is 0.222 e. The van der Waals surface area contributed by atoms with E-state index in [2.05, 4.69) is 5.16 Å². The van der Waals surface area contributed by atoms with E-state index in [1.807, 2.05) is 37.7 Å². The highest BCUT2D eigenvalue weighted by atomic mass is 16.5. The van der Waals surface area contributed by atoms with Gasteiger partial charge in [-0.2, -0.15) is 0 Å². The first-order valence-corrected chi connectivity index (χ1v) is 8.78. The predicted octanol–water partition coefficient (Wildman–Crippen LogP) is 1.94. The number of hydrogen-bond acceptors (Lipinski definition) is 4. The van der Waals surface area contributed by atoms with Crippen LogP contribution in [0, 0.1) is 25.7 Å². The van der Waals surface area contributed by atoms with Crippen molar-refractivity contribution >= 4 is 11.8 Å². The molecule has 2 aliphatic rings. The van der Waals surface area contributed by atoms with Crippen LogP contribution in [0.5, 0.6) is 0 Å². The third kappa shape index (κ3) is 3.19. The first-order valence-electron chi connectivity index (χ1n) is 8.78. The van der Waals surface area contributed by atoms with E-state index in [1.54, 1.807) is 0 Å². The van der Waals surface area contributed by atoms with Crippen molar-refractivity contribution in [1.29, 1.82) is 0 Å². The Kier molecular flexibility index (Phi) is 4.65. The lowest BCUT2D eigenvalue weighted by Crippen LogP contribution is -2.39. The Balaban J connectivity index is 1.56. The van der Waals surface area contributed by atoms with E-state index in [-0.39, 0.29) is 17.9 Å². The third-order valence-electron chi connectivity index (χ3n) is 5.90. The maximum atomic E-state index is 12.6. The first kappa shape index (κ1) is 17.0. The molecule has 0 spiro atoms. The highest BCUT2D eigenvalue weighted by Gasteiger charge is 2.42. The first-order chi connectivity index (χ1) is 11.4. The van der Waals surface area contributed by atoms with E-state index >= 15 is 0 Å². The molecule has 6 nitrogen and oxygen atoms in total. The summed E-state index contributed by atoms with van der Waals surface area (Å²) in [5.74, 6) is 2.19. The average Bonchev–Trinajstić information content (AvgIpc) is 3.08. The largest absolute Gasteiger partial charge is 0.361 e. The highest BCUT2D eigenvalue weighted by Crippen LogP contribution is 2.40. The fourth-order valence-corrected chi connectivity index (χ4v) is 4.27. The van der Waals surface area contributed by atoms with Gasteiger partial charge in [0.1, 0.15) is 5.76 Å². The molecule has 2 heterocycles. The van der Waals surface area contributed by atoms with Gasteiger partial charge in [0.05, 0.1) is 5.69 Å². The second-order valence-electron chi connectivity index (χ2n) is 7.43. The molecule has 0 aromatic carbocycles. The number of piperidine rings is 1. The van der Waals surface area contributed by atoms with Crippen LogP contribution in [0.1, 0.15) is 42.7 Å². The summed E-state index contributed by atoms with van der Waals surface area (Å²) in [7, 11) is 3.79. The number of aromatic nitrogens is 1. The van der Waals surface area contributed by atoms with Crippen LogP contribution in [-0.2, 0) is 16.0 Å². The molecular formula is C18H27N3O3. The Hall–Kier alpha value is -1.85. The zero-order valence-electron chi connectivity index (χ0n) is 15.0. The molecule has 1 aliphatic carbocycles. The molecule has 3 atom stereocenters. The molecule has 2 fully saturated rings. The van der Waals surface area contributed by atoms with Crippen LogP contribution in [0.25, 0.3) is 0 Å². The van der Waals surface area contributed by atoms with Gasteiger partial charge in [0, 0.05) is 45.1 Å². The van der Waals surface area contributed by atoms with Gasteiger partial charge >= 0.3 is 0 Å². The van der Waals surface area contributed by atoms with Crippen molar-refractivity contribution in [2.24, 2.45) is 11.8 Å². The molecule has 0 bridgehead atoms. The number of carbonyl (C=O) groups excluding carboxylic acids is 2. The van der Waals surface area contributed by atoms with Crippen LogP contribution in [-0.4, -0.2) is 53.5 Å². The minimum Gasteiger partial charge on any atom is -0.361 e. The van der Waals surface area contributed by atoms with Gasteiger partial charge < -0.3 is 14.3 Å². The van der Waals surface area contributed by atoms with Crippen LogP contribution in [0.4, 0.5) is 0 Å². The number of likely N-dealkylation sites (tertiary alicyclic amines) is 1. The van der Waals surface area contributed by atoms with Crippen molar-refractivity contribution < 1.29 is 14.1 Å². The van der Waals surface area contributed by atoms with Gasteiger partial charge in [-0.05, 0) is 44.9 Å². The fourth-order valence-electron chi connectivity index (χ4n) is 4.27. The second-order valence-corrected chi connectivity index (χ2v) is 7.43. The number of fused-ring (bicyclic) bond motifs is 1. The van der Waals surface area contributed by atoms with Crippen molar-refractivity contribution in [3.8, 4) is 0 Å². The molecule has 6 heteroatoms. The normalized spacial score (nSPS) is 26.6. The summed E-state index contributed by atoms with van der Waals surface area (Å²) in [6.45, 7) is 4.63. The molecule has 0 N–H and O–H groups in total. The van der Waals surface area contributed by atoms with Crippen molar-refractivity contribution in [3.05, 3.63) is 17.0 Å². The maximum absolute atomic E-state index is 12.6. The monoisotopic (exact) mass is 333 g/mol. The number of aryl methyl sites for hydroxylation is 2. The molecule has 1 aliphatic heterocycles. The topological polar surface area (TPSA) is 66.7 Å². The summed E-state index contributed by atoms with van der Waals surface area (Å²) in [4.78, 5) is 28.2. The smallest absolute Gasteiger partial charge is 0.222 e. The molecule has 0 unspecified atom stereocenters. The van der Waals surface area contributed by atoms with Crippen molar-refractivity contribution in [2.45, 2.75) is 52.0 Å². The predicted molar refractivity (Wildman–Crippen MR) is 89.3 cm³/mol. The lowest BCUT2D eigenvalue weighted by molar-refractivity contribution is -0.135. The summed E-state index contributed by atoms with van der Waals surface area (Å²) in [5, 5.41) is 3.94. The average molecular weight is 333 g/mol. The van der Waals surface area contributed by atoms with Crippen LogP contribution >= 0.6 is 0 Å². The Bertz CT molecular complexity index is 620. The van der Waals surface area contributed by atoms with E-state index in [4.69, 9.17) is 4.52 Å². The minimum atomic E-state index is 0.165. The number of carbonyl (C=O) groups is 2. The molecule has 1 aromatic rings. The Morgan fingerprint density at radius 1 is 1.33 bits per heavy atom. The summed E-state index contributed by atoms with van der Waals surface area (Å²) in [6.07, 6.45) is 3.75. The van der Waals surface area contributed by atoms with Crippen LogP contribution < -0.4 is 0 Å². The summed E-state index contributed by atoms with van der Waals surface area (Å²) < 4.78 is 5.16. The molecule has 1 aromatic heterocycles. The van der Waals surface area contributed by atoms with Gasteiger partial charge in [0.2, 0.25) is 11.8 Å². The standard InChI is InChI=1S/C18H27N3O3/c1-11-16(12(2)24-19-11)5-6-17(22)21(4)15-7-13-9-18(23)20(3)10-14(13)8-15/h13-15H,5-10H2,1-4H3/t13-,14+,15-/m0/s1. The number of nitrogens with zero attached hydrogens (tertiary/aromatic N) is 3. The molecular weight excluding hydrogens is 306 g/mol. The van der Waals surface area contributed by atoms with Gasteiger partial charge in [-0.1, -0.05) is 5.16 Å². The molecule has 24 heavy (non-hydrogen) atoms. The lowest BCUT2D eigenvalue weighted by atomic mass is 9.88. The van der Waals surface area contributed by atoms with Crippen LogP contribution in [0.3, 0.4) is 0 Å². The summed E-state index contributed by atoms with van der Waals surface area (Å²) in [5.41, 5.74) is 1.92. The highest BCUT2D eigenvalue weighted by molar-refractivity contribution is 5.78. The van der Waals surface area contributed by atoms with Crippen LogP contribution in [0.15, 0.2) is 4.52 Å². The molecule has 1 saturated carbocycles. The van der Waals surface area contributed by atoms with Crippen molar-refractivity contribution in [1.82, 2.24) is 15.0 Å². The van der Waals surface area contributed by atoms with Crippen molar-refractivity contribution in [3.63, 3.8) is 0 Å². The number of rotatable bonds is 4. The number of amides is 2. The second kappa shape index (κ2) is 6.57. The zero-order chi connectivity index (χ0) is 17.4. The van der Waals surface area contributed by atoms with Crippen molar-refractivity contribution in [2.75, 3.05) is 20.6 Å². The van der Waals surface area contributed by atoms with Gasteiger partial charge in [0.25, 0.3) is 0 Å². The molecule has 3 rings (SSSR count). The van der Waals surface area contributed by atoms with Gasteiger partial charge in [0.15, 0.2) is 0 Å². The molecule has 132 valence electrons. The van der Waals surface area contributed by atoms with Gasteiger partial charge in [-0.15, -0.1) is 0 Å². The molecule has 0 radical (unpaired) electrons. The fraction of sp³-hybridized carbons (Fsp3) is 0.722. The Labute approximate surface area is 143 Å². The summed E-state index contributed by atoms with van der Waals surface area (Å²) in [6, 6.07) is 0.261. The van der Waals surface area contributed by atoms with E-state index in [9.17, 15) is 9.59 Å². The SMILES string of the molecule is Cc1noc(C)c1CCC(=O)N(C)[C@H]1C[C@H]2CC(=O)N(C)C[C@H]2C1. The molecule has 2 amide bonds. The van der Waals surface area contributed by atoms with Gasteiger partial charge in [-0.3, -0.25) is 9.59 Å². The Morgan fingerprint density at radius 3 is 2.71 bits per heavy atom. The zero-order valence-corrected chi connectivity index (χ0v) is 15.0. The minimum absolute atomic E-state index is 0.165. The molecule has 1 saturated heterocycles. The van der Waals surface area contributed by atoms with Crippen LogP contribution in [0.2, 0.25) is 0 Å². The van der Waals surface area contributed by atoms with E-state index < -0.39 is 0 Å². The quantitative estimate of drug-likeness (QED) is 0.844. The van der Waals surface area contributed by atoms with E-state index in [1.165, 1.54) is 0 Å². The van der Waals surface area contributed by atoms with E-state index in [0.717, 1.165) is 36.4 Å². The Morgan fingerprint density at radius 2 is 2.04 bits per heavy atom. The van der Waals surface area contributed by atoms with E-state index in [0.29, 0.717) is 31.1 Å². The van der Waals surface area contributed by atoms with Gasteiger partial charge in [-0.25, -0.2) is 0 Å². The summed E-state index contributed by atoms with van der Waals surface area (Å²) >= 11 is 0. The third-order valence-corrected chi connectivity index (χ3v) is 5.90. The lowest BCUT2D eigenvalue weighted by Gasteiger charge is -2.31. The number of hydrogen-bond donors (Lipinski definition) is 0.